The number of nitrogens with two attached hydrogens (primary N) is 1. The van der Waals surface area contributed by atoms with Gasteiger partial charge < -0.3 is 30.2 Å². The third-order valence-electron chi connectivity index (χ3n) is 8.66. The van der Waals surface area contributed by atoms with Crippen molar-refractivity contribution >= 4 is 33.9 Å². The molecule has 2 aliphatic rings. The van der Waals surface area contributed by atoms with E-state index in [4.69, 9.17) is 20.4 Å². The maximum Gasteiger partial charge on any atom is 0.251 e. The van der Waals surface area contributed by atoms with Crippen LogP contribution in [0.15, 0.2) is 30.3 Å². The molecular formula is C31H39N7O3. The summed E-state index contributed by atoms with van der Waals surface area (Å²) >= 11 is 0. The second kappa shape index (κ2) is 10.8. The van der Waals surface area contributed by atoms with Crippen LogP contribution in [0.3, 0.4) is 0 Å². The summed E-state index contributed by atoms with van der Waals surface area (Å²) in [6, 6.07) is 9.45. The minimum absolute atomic E-state index is 0.146. The SMILES string of the molecule is COc1cc(C(=O)N[C@H](C)CN)cc2nc(-c3cc4ccc5nc4n3CCCCC[C@@H]3CC3C(=O)N[C@@H]5C)n(C)c12. The monoisotopic (exact) mass is 557 g/mol. The number of benzene rings is 1. The first-order valence-electron chi connectivity index (χ1n) is 14.6. The molecule has 1 unspecified atom stereocenters. The molecule has 6 rings (SSSR count). The van der Waals surface area contributed by atoms with Crippen LogP contribution in [0.4, 0.5) is 0 Å². The third-order valence-corrected chi connectivity index (χ3v) is 8.66. The Kier molecular flexibility index (Phi) is 7.19. The van der Waals surface area contributed by atoms with Crippen molar-refractivity contribution in [2.24, 2.45) is 24.6 Å². The lowest BCUT2D eigenvalue weighted by molar-refractivity contribution is -0.123. The number of aryl methyl sites for hydroxylation is 2. The Morgan fingerprint density at radius 1 is 1.22 bits per heavy atom. The smallest absolute Gasteiger partial charge is 0.251 e. The fourth-order valence-electron chi connectivity index (χ4n) is 6.12. The van der Waals surface area contributed by atoms with Gasteiger partial charge >= 0.3 is 0 Å². The Balaban J connectivity index is 1.44. The van der Waals surface area contributed by atoms with Crippen LogP contribution in [0, 0.1) is 11.8 Å². The molecule has 2 amide bonds. The number of aromatic nitrogens is 4. The Hall–Kier alpha value is -3.92. The van der Waals surface area contributed by atoms with Gasteiger partial charge in [0.25, 0.3) is 5.91 Å². The van der Waals surface area contributed by atoms with Crippen molar-refractivity contribution < 1.29 is 14.3 Å². The number of rotatable bonds is 5. The van der Waals surface area contributed by atoms with E-state index in [9.17, 15) is 9.59 Å². The predicted octanol–water partition coefficient (Wildman–Crippen LogP) is 4.06. The topological polar surface area (TPSA) is 129 Å². The van der Waals surface area contributed by atoms with Crippen LogP contribution < -0.4 is 21.1 Å². The molecule has 1 aromatic carbocycles. The summed E-state index contributed by atoms with van der Waals surface area (Å²) in [6.07, 6.45) is 5.33. The lowest BCUT2D eigenvalue weighted by Gasteiger charge is -2.16. The normalized spacial score (nSPS) is 21.8. The van der Waals surface area contributed by atoms with E-state index in [-0.39, 0.29) is 29.8 Å². The van der Waals surface area contributed by atoms with Gasteiger partial charge in [-0.3, -0.25) is 9.59 Å². The van der Waals surface area contributed by atoms with Crippen LogP contribution in [-0.4, -0.2) is 50.6 Å². The molecule has 1 fully saturated rings. The van der Waals surface area contributed by atoms with Gasteiger partial charge in [0.05, 0.1) is 30.1 Å². The van der Waals surface area contributed by atoms with Gasteiger partial charge in [-0.2, -0.15) is 0 Å². The third kappa shape index (κ3) is 5.05. The number of nitrogens with one attached hydrogen (secondary N) is 2. The zero-order valence-electron chi connectivity index (χ0n) is 24.2. The number of fused-ring (bicyclic) bond motifs is 3. The van der Waals surface area contributed by atoms with E-state index in [1.54, 1.807) is 19.2 Å². The molecular weight excluding hydrogens is 518 g/mol. The number of pyridine rings is 1. The Morgan fingerprint density at radius 2 is 2.05 bits per heavy atom. The number of hydrogen-bond acceptors (Lipinski definition) is 6. The van der Waals surface area contributed by atoms with E-state index in [1.807, 2.05) is 31.5 Å². The van der Waals surface area contributed by atoms with Crippen LogP contribution in [0.25, 0.3) is 33.6 Å². The lowest BCUT2D eigenvalue weighted by Crippen LogP contribution is -2.37. The summed E-state index contributed by atoms with van der Waals surface area (Å²) in [4.78, 5) is 35.8. The van der Waals surface area contributed by atoms with Crippen LogP contribution in [0.2, 0.25) is 0 Å². The first kappa shape index (κ1) is 27.3. The van der Waals surface area contributed by atoms with E-state index >= 15 is 0 Å². The van der Waals surface area contributed by atoms with Gasteiger partial charge in [-0.15, -0.1) is 0 Å². The summed E-state index contributed by atoms with van der Waals surface area (Å²) in [5.41, 5.74) is 10.4. The molecule has 10 nitrogen and oxygen atoms in total. The molecule has 4 atom stereocenters. The maximum atomic E-state index is 12.9. The first-order chi connectivity index (χ1) is 19.8. The first-order valence-corrected chi connectivity index (χ1v) is 14.6. The largest absolute Gasteiger partial charge is 0.494 e. The highest BCUT2D eigenvalue weighted by Gasteiger charge is 2.42. The Morgan fingerprint density at radius 3 is 2.83 bits per heavy atom. The van der Waals surface area contributed by atoms with Crippen LogP contribution in [-0.2, 0) is 18.4 Å². The summed E-state index contributed by atoms with van der Waals surface area (Å²) in [6.45, 7) is 5.04. The molecule has 4 aromatic rings. The summed E-state index contributed by atoms with van der Waals surface area (Å²) in [5, 5.41) is 7.13. The van der Waals surface area contributed by atoms with Gasteiger partial charge in [0.1, 0.15) is 16.9 Å². The second-order valence-corrected chi connectivity index (χ2v) is 11.7. The second-order valence-electron chi connectivity index (χ2n) is 11.7. The standard InChI is InChI=1S/C31H39N7O3/c1-17(16-32)33-30(39)21-13-24-27(26(15-21)41-4)37(3)29(36-24)25-14-20-9-10-23-18(2)34-31(40)22-12-19(22)8-6-5-7-11-38(25)28(20)35-23/h9-10,13-15,17-19,22H,5-8,11-12,16,32H2,1-4H3,(H,33,39)(H,34,40)/t17-,18-,19-,22?/m1/s1. The number of nitrogens with zero attached hydrogens (tertiary/aromatic N) is 4. The van der Waals surface area contributed by atoms with Crippen molar-refractivity contribution in [2.75, 3.05) is 13.7 Å². The molecule has 1 aliphatic carbocycles. The average Bonchev–Trinajstić information content (AvgIpc) is 3.55. The van der Waals surface area contributed by atoms with Crippen molar-refractivity contribution in [1.82, 2.24) is 29.7 Å². The molecule has 10 heteroatoms. The van der Waals surface area contributed by atoms with Gasteiger partial charge in [-0.25, -0.2) is 9.97 Å². The zero-order valence-corrected chi connectivity index (χ0v) is 24.2. The van der Waals surface area contributed by atoms with Crippen molar-refractivity contribution in [2.45, 2.75) is 64.6 Å². The molecule has 4 heterocycles. The zero-order chi connectivity index (χ0) is 28.8. The number of ether oxygens (including phenoxy) is 1. The van der Waals surface area contributed by atoms with Gasteiger partial charge in [-0.1, -0.05) is 12.8 Å². The molecule has 216 valence electrons. The molecule has 2 bridgehead atoms. The highest BCUT2D eigenvalue weighted by Crippen LogP contribution is 2.43. The van der Waals surface area contributed by atoms with Crippen LogP contribution in [0.5, 0.6) is 5.75 Å². The van der Waals surface area contributed by atoms with Gasteiger partial charge in [-0.05, 0) is 69.4 Å². The summed E-state index contributed by atoms with van der Waals surface area (Å²) in [5.74, 6) is 1.96. The average molecular weight is 558 g/mol. The molecule has 1 saturated carbocycles. The van der Waals surface area contributed by atoms with Gasteiger partial charge in [0.2, 0.25) is 5.91 Å². The maximum absolute atomic E-state index is 12.9. The number of methoxy groups -OCH3 is 1. The highest BCUT2D eigenvalue weighted by molar-refractivity contribution is 6.00. The highest BCUT2D eigenvalue weighted by atomic mass is 16.5. The number of carbonyl (C=O) groups is 2. The van der Waals surface area contributed by atoms with Gasteiger partial charge in [0.15, 0.2) is 5.82 Å². The van der Waals surface area contributed by atoms with Crippen LogP contribution in [0.1, 0.15) is 68.0 Å². The van der Waals surface area contributed by atoms with Crippen molar-refractivity contribution in [3.05, 3.63) is 41.6 Å². The molecule has 4 N–H and O–H groups in total. The molecule has 0 radical (unpaired) electrons. The molecule has 1 aliphatic heterocycles. The molecule has 0 spiro atoms. The molecule has 41 heavy (non-hydrogen) atoms. The minimum Gasteiger partial charge on any atom is -0.494 e. The Labute approximate surface area is 239 Å². The minimum atomic E-state index is -0.215. The van der Waals surface area contributed by atoms with Crippen molar-refractivity contribution in [1.29, 1.82) is 0 Å². The van der Waals surface area contributed by atoms with Crippen molar-refractivity contribution in [3.8, 4) is 17.3 Å². The number of imidazole rings is 1. The van der Waals surface area contributed by atoms with E-state index in [2.05, 4.69) is 27.3 Å². The Bertz CT molecular complexity index is 1640. The number of amides is 2. The van der Waals surface area contributed by atoms with E-state index < -0.39 is 0 Å². The number of hydrogen-bond donors (Lipinski definition) is 3. The van der Waals surface area contributed by atoms with E-state index in [0.29, 0.717) is 29.3 Å². The lowest BCUT2D eigenvalue weighted by atomic mass is 10.1. The van der Waals surface area contributed by atoms with Crippen molar-refractivity contribution in [3.63, 3.8) is 0 Å². The summed E-state index contributed by atoms with van der Waals surface area (Å²) in [7, 11) is 3.58. The predicted molar refractivity (Wildman–Crippen MR) is 159 cm³/mol. The summed E-state index contributed by atoms with van der Waals surface area (Å²) < 4.78 is 10.0. The van der Waals surface area contributed by atoms with Crippen LogP contribution >= 0.6 is 0 Å². The van der Waals surface area contributed by atoms with E-state index in [0.717, 1.165) is 72.4 Å². The van der Waals surface area contributed by atoms with E-state index in [1.165, 1.54) is 0 Å². The molecule has 3 aromatic heterocycles. The molecule has 0 saturated heterocycles. The quantitative estimate of drug-likeness (QED) is 0.339. The fraction of sp³-hybridized carbons (Fsp3) is 0.484. The van der Waals surface area contributed by atoms with Gasteiger partial charge in [0, 0.05) is 43.0 Å². The fourth-order valence-corrected chi connectivity index (χ4v) is 6.12. The number of carbonyl (C=O) groups excluding carboxylic acids is 2.